The average Bonchev–Trinajstić information content (AvgIpc) is 3.29. The van der Waals surface area contributed by atoms with Gasteiger partial charge >= 0.3 is 0 Å². The van der Waals surface area contributed by atoms with E-state index in [0.29, 0.717) is 48.2 Å². The van der Waals surface area contributed by atoms with Crippen LogP contribution in [0.3, 0.4) is 0 Å². The molecular formula is C24H31N7O4. The Kier molecular flexibility index (Phi) is 6.69. The number of aliphatic hydroxyl groups excluding tert-OH is 1. The van der Waals surface area contributed by atoms with Crippen molar-refractivity contribution in [1.29, 1.82) is 0 Å². The number of ether oxygens (including phenoxy) is 1. The van der Waals surface area contributed by atoms with Crippen LogP contribution in [0.2, 0.25) is 0 Å². The van der Waals surface area contributed by atoms with Gasteiger partial charge in [0.05, 0.1) is 12.3 Å². The van der Waals surface area contributed by atoms with E-state index in [4.69, 9.17) is 4.74 Å². The highest BCUT2D eigenvalue weighted by molar-refractivity contribution is 6.00. The fourth-order valence-corrected chi connectivity index (χ4v) is 4.92. The Morgan fingerprint density at radius 1 is 1.23 bits per heavy atom. The van der Waals surface area contributed by atoms with Crippen LogP contribution in [0, 0.1) is 0 Å². The van der Waals surface area contributed by atoms with E-state index >= 15 is 0 Å². The maximum Gasteiger partial charge on any atom is 0.274 e. The Hall–Kier alpha value is -3.44. The molecule has 3 aromatic heterocycles. The minimum atomic E-state index is -0.390. The quantitative estimate of drug-likeness (QED) is 0.420. The standard InChI is InChI=1S/C24H31N7O4/c1-25-21-13-20(28-19-6-3-9-30(24(19)34)16-7-10-35-11-8-16)29-22-18(14-26-31(21)22)23(33)27-15-4-2-5-17(32)12-15/h3,6,9,13-17,25,32H,2,4-5,7-8,10-12H2,1H3,(H,27,33)(H,28,29)/t15-,17-/m0/s1. The molecule has 3 aromatic rings. The van der Waals surface area contributed by atoms with Crippen molar-refractivity contribution in [2.45, 2.75) is 56.7 Å². The second-order valence-corrected chi connectivity index (χ2v) is 9.16. The van der Waals surface area contributed by atoms with Gasteiger partial charge in [-0.15, -0.1) is 0 Å². The van der Waals surface area contributed by atoms with Gasteiger partial charge in [0, 0.05) is 44.6 Å². The number of hydrogen-bond acceptors (Lipinski definition) is 8. The van der Waals surface area contributed by atoms with E-state index in [0.717, 1.165) is 32.1 Å². The Balaban J connectivity index is 1.43. The molecular weight excluding hydrogens is 450 g/mol. The van der Waals surface area contributed by atoms with Crippen molar-refractivity contribution in [3.05, 3.63) is 46.5 Å². The number of nitrogens with zero attached hydrogens (tertiary/aromatic N) is 4. The summed E-state index contributed by atoms with van der Waals surface area (Å²) in [7, 11) is 1.75. The van der Waals surface area contributed by atoms with Crippen molar-refractivity contribution in [1.82, 2.24) is 24.5 Å². The smallest absolute Gasteiger partial charge is 0.274 e. The minimum absolute atomic E-state index is 0.0840. The van der Waals surface area contributed by atoms with Crippen LogP contribution in [0.1, 0.15) is 54.9 Å². The number of rotatable bonds is 6. The number of carbonyl (C=O) groups is 1. The normalized spacial score (nSPS) is 21.1. The van der Waals surface area contributed by atoms with Crippen LogP contribution in [0.5, 0.6) is 0 Å². The molecule has 0 unspecified atom stereocenters. The number of fused-ring (bicyclic) bond motifs is 1. The van der Waals surface area contributed by atoms with E-state index in [1.54, 1.807) is 34.5 Å². The monoisotopic (exact) mass is 481 g/mol. The van der Waals surface area contributed by atoms with Crippen molar-refractivity contribution < 1.29 is 14.6 Å². The third-order valence-electron chi connectivity index (χ3n) is 6.78. The number of aromatic nitrogens is 4. The SMILES string of the molecule is CNc1cc(Nc2cccn(C3CCOCC3)c2=O)nc2c(C(=O)N[C@H]3CCC[C@H](O)C3)cnn12. The minimum Gasteiger partial charge on any atom is -0.393 e. The van der Waals surface area contributed by atoms with Gasteiger partial charge < -0.3 is 30.4 Å². The molecule has 0 aromatic carbocycles. The molecule has 1 amide bonds. The van der Waals surface area contributed by atoms with Crippen LogP contribution < -0.4 is 21.5 Å². The lowest BCUT2D eigenvalue weighted by Crippen LogP contribution is -2.39. The van der Waals surface area contributed by atoms with Gasteiger partial charge in [-0.2, -0.15) is 9.61 Å². The lowest BCUT2D eigenvalue weighted by atomic mass is 9.93. The van der Waals surface area contributed by atoms with Crippen molar-refractivity contribution in [2.24, 2.45) is 0 Å². The van der Waals surface area contributed by atoms with Gasteiger partial charge in [-0.05, 0) is 50.7 Å². The summed E-state index contributed by atoms with van der Waals surface area (Å²) < 4.78 is 8.73. The molecule has 0 spiro atoms. The second kappa shape index (κ2) is 10.0. The molecule has 1 aliphatic carbocycles. The first kappa shape index (κ1) is 23.3. The molecule has 1 saturated carbocycles. The predicted octanol–water partition coefficient (Wildman–Crippen LogP) is 2.06. The van der Waals surface area contributed by atoms with Crippen LogP contribution >= 0.6 is 0 Å². The fourth-order valence-electron chi connectivity index (χ4n) is 4.92. The first-order valence-corrected chi connectivity index (χ1v) is 12.1. The summed E-state index contributed by atoms with van der Waals surface area (Å²) in [5, 5.41) is 23.5. The molecule has 4 heterocycles. The zero-order valence-corrected chi connectivity index (χ0v) is 19.7. The Labute approximate surface area is 202 Å². The number of carbonyl (C=O) groups excluding carboxylic acids is 1. The summed E-state index contributed by atoms with van der Waals surface area (Å²) in [6, 6.07) is 5.32. The summed E-state index contributed by atoms with van der Waals surface area (Å²) >= 11 is 0. The van der Waals surface area contributed by atoms with E-state index in [-0.39, 0.29) is 29.7 Å². The summed E-state index contributed by atoms with van der Waals surface area (Å²) in [6.07, 6.45) is 7.51. The lowest BCUT2D eigenvalue weighted by molar-refractivity contribution is 0.0687. The first-order valence-electron chi connectivity index (χ1n) is 12.1. The Morgan fingerprint density at radius 2 is 2.06 bits per heavy atom. The first-order chi connectivity index (χ1) is 17.0. The second-order valence-electron chi connectivity index (χ2n) is 9.16. The molecule has 0 radical (unpaired) electrons. The zero-order chi connectivity index (χ0) is 24.4. The molecule has 2 fully saturated rings. The Morgan fingerprint density at radius 3 is 2.83 bits per heavy atom. The molecule has 5 rings (SSSR count). The van der Waals surface area contributed by atoms with Crippen molar-refractivity contribution in [3.8, 4) is 0 Å². The largest absolute Gasteiger partial charge is 0.393 e. The molecule has 2 aliphatic rings. The zero-order valence-electron chi connectivity index (χ0n) is 19.7. The number of anilines is 3. The van der Waals surface area contributed by atoms with Crippen LogP contribution in [-0.4, -0.2) is 62.6 Å². The molecule has 186 valence electrons. The Bertz CT molecular complexity index is 1260. The van der Waals surface area contributed by atoms with Gasteiger partial charge in [0.2, 0.25) is 0 Å². The number of pyridine rings is 1. The summed E-state index contributed by atoms with van der Waals surface area (Å²) in [5.74, 6) is 0.754. The van der Waals surface area contributed by atoms with Crippen LogP contribution in [0.4, 0.5) is 17.3 Å². The predicted molar refractivity (Wildman–Crippen MR) is 131 cm³/mol. The third-order valence-corrected chi connectivity index (χ3v) is 6.78. The maximum atomic E-state index is 13.2. The summed E-state index contributed by atoms with van der Waals surface area (Å²) in [6.45, 7) is 1.29. The van der Waals surface area contributed by atoms with Crippen molar-refractivity contribution in [2.75, 3.05) is 30.9 Å². The van der Waals surface area contributed by atoms with Crippen LogP contribution in [0.15, 0.2) is 35.4 Å². The molecule has 11 heteroatoms. The summed E-state index contributed by atoms with van der Waals surface area (Å²) in [4.78, 5) is 30.8. The fraction of sp³-hybridized carbons (Fsp3) is 0.500. The molecule has 35 heavy (non-hydrogen) atoms. The highest BCUT2D eigenvalue weighted by Crippen LogP contribution is 2.24. The molecule has 2 atom stereocenters. The van der Waals surface area contributed by atoms with Gasteiger partial charge in [0.25, 0.3) is 11.5 Å². The average molecular weight is 482 g/mol. The number of hydrogen-bond donors (Lipinski definition) is 4. The highest BCUT2D eigenvalue weighted by atomic mass is 16.5. The van der Waals surface area contributed by atoms with E-state index in [9.17, 15) is 14.7 Å². The maximum absolute atomic E-state index is 13.2. The number of amides is 1. The molecule has 0 bridgehead atoms. The van der Waals surface area contributed by atoms with Gasteiger partial charge in [-0.3, -0.25) is 9.59 Å². The number of nitrogens with one attached hydrogen (secondary N) is 3. The van der Waals surface area contributed by atoms with Gasteiger partial charge in [-0.25, -0.2) is 4.98 Å². The van der Waals surface area contributed by atoms with Crippen LogP contribution in [-0.2, 0) is 4.74 Å². The molecule has 4 N–H and O–H groups in total. The van der Waals surface area contributed by atoms with E-state index in [1.807, 2.05) is 6.07 Å². The van der Waals surface area contributed by atoms with Gasteiger partial charge in [-0.1, -0.05) is 0 Å². The highest BCUT2D eigenvalue weighted by Gasteiger charge is 2.25. The van der Waals surface area contributed by atoms with Crippen molar-refractivity contribution >= 4 is 28.9 Å². The topological polar surface area (TPSA) is 135 Å². The van der Waals surface area contributed by atoms with Gasteiger partial charge in [0.15, 0.2) is 5.65 Å². The van der Waals surface area contributed by atoms with Crippen molar-refractivity contribution in [3.63, 3.8) is 0 Å². The van der Waals surface area contributed by atoms with E-state index in [2.05, 4.69) is 26.0 Å². The van der Waals surface area contributed by atoms with Crippen LogP contribution in [0.25, 0.3) is 5.65 Å². The summed E-state index contributed by atoms with van der Waals surface area (Å²) in [5.41, 5.74) is 0.973. The molecule has 11 nitrogen and oxygen atoms in total. The molecule has 1 aliphatic heterocycles. The lowest BCUT2D eigenvalue weighted by Gasteiger charge is -2.26. The van der Waals surface area contributed by atoms with Gasteiger partial charge in [0.1, 0.15) is 22.9 Å². The molecule has 1 saturated heterocycles. The number of aliphatic hydroxyl groups is 1. The third kappa shape index (κ3) is 4.87. The van der Waals surface area contributed by atoms with E-state index in [1.165, 1.54) is 6.20 Å². The van der Waals surface area contributed by atoms with E-state index < -0.39 is 0 Å².